The van der Waals surface area contributed by atoms with Crippen LogP contribution in [0.2, 0.25) is 0 Å². The van der Waals surface area contributed by atoms with Crippen LogP contribution >= 0.6 is 0 Å². The van der Waals surface area contributed by atoms with Gasteiger partial charge in [-0.2, -0.15) is 0 Å². The van der Waals surface area contributed by atoms with Gasteiger partial charge in [-0.15, -0.1) is 0 Å². The lowest BCUT2D eigenvalue weighted by molar-refractivity contribution is -0.279. The van der Waals surface area contributed by atoms with E-state index in [2.05, 4.69) is 83.1 Å². The van der Waals surface area contributed by atoms with Crippen molar-refractivity contribution in [1.29, 1.82) is 0 Å². The molecule has 0 saturated heterocycles. The van der Waals surface area contributed by atoms with Crippen LogP contribution in [0, 0.1) is 99.1 Å². The Morgan fingerprint density at radius 3 is 2.00 bits per heavy atom. The van der Waals surface area contributed by atoms with Crippen LogP contribution in [0.1, 0.15) is 147 Å². The van der Waals surface area contributed by atoms with Crippen LogP contribution in [0.15, 0.2) is 0 Å². The summed E-state index contributed by atoms with van der Waals surface area (Å²) in [5.74, 6) is 8.38. The first kappa shape index (κ1) is 34.3. The van der Waals surface area contributed by atoms with E-state index in [0.29, 0.717) is 47.3 Å². The van der Waals surface area contributed by atoms with E-state index in [9.17, 15) is 10.2 Å². The van der Waals surface area contributed by atoms with Crippen molar-refractivity contribution in [3.05, 3.63) is 0 Å². The topological polar surface area (TPSA) is 40.5 Å². The van der Waals surface area contributed by atoms with Gasteiger partial charge in [0.25, 0.3) is 0 Å². The van der Waals surface area contributed by atoms with Gasteiger partial charge in [-0.25, -0.2) is 0 Å². The van der Waals surface area contributed by atoms with Gasteiger partial charge in [0.1, 0.15) is 0 Å². The van der Waals surface area contributed by atoms with Crippen molar-refractivity contribution in [2.45, 2.75) is 160 Å². The minimum absolute atomic E-state index is 0.108. The average Bonchev–Trinajstić information content (AvgIpc) is 2.88. The fourth-order valence-corrected chi connectivity index (χ4v) is 14.3. The first-order valence-corrected chi connectivity index (χ1v) is 19.3. The van der Waals surface area contributed by atoms with Crippen LogP contribution in [-0.2, 0) is 0 Å². The molecule has 0 aromatic heterocycles. The van der Waals surface area contributed by atoms with Crippen molar-refractivity contribution in [3.63, 3.8) is 0 Å². The predicted molar refractivity (Wildman–Crippen MR) is 182 cm³/mol. The summed E-state index contributed by atoms with van der Waals surface area (Å²) in [5.41, 5.74) is 0.0909. The number of fused-ring (bicyclic) bond motifs is 3. The smallest absolute Gasteiger partial charge is 0.0634 e. The van der Waals surface area contributed by atoms with Crippen molar-refractivity contribution in [2.75, 3.05) is 0 Å². The average molecular weight is 599 g/mol. The van der Waals surface area contributed by atoms with E-state index in [1.807, 2.05) is 0 Å². The molecule has 15 atom stereocenters. The monoisotopic (exact) mass is 599 g/mol. The quantitative estimate of drug-likeness (QED) is 0.319. The minimum atomic E-state index is -0.297. The van der Waals surface area contributed by atoms with Crippen molar-refractivity contribution in [3.8, 4) is 0 Å². The Kier molecular flexibility index (Phi) is 9.70. The van der Waals surface area contributed by atoms with E-state index < -0.39 is 0 Å². The molecule has 5 aliphatic carbocycles. The van der Waals surface area contributed by atoms with Gasteiger partial charge in [0.15, 0.2) is 0 Å². The maximum Gasteiger partial charge on any atom is 0.0634 e. The fraction of sp³-hybridized carbons (Fsp3) is 1.00. The highest BCUT2D eigenvalue weighted by atomic mass is 16.3. The molecule has 250 valence electrons. The Hall–Kier alpha value is -0.0800. The number of aliphatic hydroxyl groups is 2. The van der Waals surface area contributed by atoms with Gasteiger partial charge in [0, 0.05) is 5.41 Å². The maximum atomic E-state index is 12.8. The summed E-state index contributed by atoms with van der Waals surface area (Å²) in [5, 5.41) is 25.0. The molecule has 5 saturated carbocycles. The molecule has 5 fully saturated rings. The minimum Gasteiger partial charge on any atom is -0.392 e. The van der Waals surface area contributed by atoms with Crippen molar-refractivity contribution in [2.24, 2.45) is 99.1 Å². The Morgan fingerprint density at radius 2 is 1.42 bits per heavy atom. The molecule has 0 bridgehead atoms. The Bertz CT molecular complexity index is 949. The molecular formula is C41H74O2. The summed E-state index contributed by atoms with van der Waals surface area (Å²) in [7, 11) is 0. The number of aliphatic hydroxyl groups excluding tert-OH is 2. The Balaban J connectivity index is 1.42. The Labute approximate surface area is 268 Å². The summed E-state index contributed by atoms with van der Waals surface area (Å²) in [4.78, 5) is 0. The zero-order chi connectivity index (χ0) is 31.8. The first-order valence-electron chi connectivity index (χ1n) is 19.3. The van der Waals surface area contributed by atoms with Crippen LogP contribution in [0.4, 0.5) is 0 Å². The third kappa shape index (κ3) is 5.63. The van der Waals surface area contributed by atoms with Crippen LogP contribution in [0.3, 0.4) is 0 Å². The SMILES string of the molecule is CC1CCC(CC(C)CC2CC(C(C)C)C3CC4(C)CC5(C)CC(C)C(C(C)C)C(O)C5(C)C(C)C4C(O)C3C2C)CC1. The molecule has 5 rings (SSSR count). The third-order valence-electron chi connectivity index (χ3n) is 16.4. The molecule has 0 heterocycles. The van der Waals surface area contributed by atoms with Crippen LogP contribution in [0.25, 0.3) is 0 Å². The highest BCUT2D eigenvalue weighted by Gasteiger charge is 2.70. The highest BCUT2D eigenvalue weighted by molar-refractivity contribution is 5.18. The van der Waals surface area contributed by atoms with E-state index in [-0.39, 0.29) is 34.4 Å². The zero-order valence-corrected chi connectivity index (χ0v) is 30.7. The van der Waals surface area contributed by atoms with Gasteiger partial charge < -0.3 is 10.2 Å². The highest BCUT2D eigenvalue weighted by Crippen LogP contribution is 2.73. The maximum absolute atomic E-state index is 12.8. The molecule has 0 aliphatic heterocycles. The normalized spacial score (nSPS) is 54.6. The molecule has 5 aliphatic rings. The number of rotatable bonds is 6. The van der Waals surface area contributed by atoms with E-state index in [1.165, 1.54) is 57.8 Å². The molecule has 15 unspecified atom stereocenters. The summed E-state index contributed by atoms with van der Waals surface area (Å²) < 4.78 is 0. The molecule has 0 radical (unpaired) electrons. The van der Waals surface area contributed by atoms with Gasteiger partial charge >= 0.3 is 0 Å². The lowest BCUT2D eigenvalue weighted by Gasteiger charge is -2.72. The lowest BCUT2D eigenvalue weighted by Crippen LogP contribution is -2.70. The fourth-order valence-electron chi connectivity index (χ4n) is 14.3. The zero-order valence-electron chi connectivity index (χ0n) is 30.7. The summed E-state index contributed by atoms with van der Waals surface area (Å²) in [6.45, 7) is 29.6. The summed E-state index contributed by atoms with van der Waals surface area (Å²) >= 11 is 0. The van der Waals surface area contributed by atoms with Crippen LogP contribution in [0.5, 0.6) is 0 Å². The second-order valence-electron chi connectivity index (χ2n) is 19.8. The standard InChI is InChI=1S/C41H74O2/c1-23(2)32-19-31(18-26(6)17-30-15-13-25(5)14-16-30)28(8)35-33(32)21-39(10)22-40(11)20-27(7)34(24(3)4)38(43)41(40,12)29(9)36(39)37(35)42/h23-38,42-43H,13-22H2,1-12H3. The molecule has 0 aromatic rings. The van der Waals surface area contributed by atoms with Gasteiger partial charge in [0.05, 0.1) is 12.2 Å². The second-order valence-corrected chi connectivity index (χ2v) is 19.8. The largest absolute Gasteiger partial charge is 0.392 e. The van der Waals surface area contributed by atoms with Crippen molar-refractivity contribution in [1.82, 2.24) is 0 Å². The number of hydrogen-bond donors (Lipinski definition) is 2. The third-order valence-corrected chi connectivity index (χ3v) is 16.4. The number of hydrogen-bond acceptors (Lipinski definition) is 2. The molecule has 0 spiro atoms. The van der Waals surface area contributed by atoms with Crippen LogP contribution in [-0.4, -0.2) is 22.4 Å². The van der Waals surface area contributed by atoms with E-state index >= 15 is 0 Å². The van der Waals surface area contributed by atoms with Gasteiger partial charge in [0.2, 0.25) is 0 Å². The van der Waals surface area contributed by atoms with E-state index in [4.69, 9.17) is 0 Å². The first-order chi connectivity index (χ1) is 19.9. The molecule has 2 heteroatoms. The van der Waals surface area contributed by atoms with Crippen LogP contribution < -0.4 is 0 Å². The summed E-state index contributed by atoms with van der Waals surface area (Å²) in [6.07, 6.45) is 13.0. The van der Waals surface area contributed by atoms with Gasteiger partial charge in [-0.3, -0.25) is 0 Å². The van der Waals surface area contributed by atoms with Crippen molar-refractivity contribution >= 4 is 0 Å². The van der Waals surface area contributed by atoms with Gasteiger partial charge in [-0.1, -0.05) is 109 Å². The molecule has 43 heavy (non-hydrogen) atoms. The lowest BCUT2D eigenvalue weighted by atomic mass is 9.33. The van der Waals surface area contributed by atoms with E-state index in [0.717, 1.165) is 36.0 Å². The Morgan fingerprint density at radius 1 is 0.791 bits per heavy atom. The molecule has 2 N–H and O–H groups in total. The second kappa shape index (κ2) is 12.2. The van der Waals surface area contributed by atoms with Crippen molar-refractivity contribution < 1.29 is 10.2 Å². The molecule has 0 amide bonds. The van der Waals surface area contributed by atoms with E-state index in [1.54, 1.807) is 0 Å². The van der Waals surface area contributed by atoms with Gasteiger partial charge in [-0.05, 0) is 132 Å². The molecular weight excluding hydrogens is 524 g/mol. The summed E-state index contributed by atoms with van der Waals surface area (Å²) in [6, 6.07) is 0. The molecule has 2 nitrogen and oxygen atoms in total. The predicted octanol–water partition coefficient (Wildman–Crippen LogP) is 10.5. The molecule has 0 aromatic carbocycles.